The largest absolute Gasteiger partial charge is 0.508 e. The van der Waals surface area contributed by atoms with Crippen LogP contribution in [0.2, 0.25) is 0 Å². The number of phenolic OH excluding ortho intramolecular Hbond substituents is 1. The van der Waals surface area contributed by atoms with Crippen molar-refractivity contribution in [1.29, 1.82) is 0 Å². The fraction of sp³-hybridized carbons (Fsp3) is 0.441. The molecule has 3 aliphatic heterocycles. The molecule has 5 heterocycles. The maximum absolute atomic E-state index is 15.2. The summed E-state index contributed by atoms with van der Waals surface area (Å²) < 4.78 is 50.9. The number of ether oxygens (including phenoxy) is 1. The number of piperazine rings is 1. The first-order valence-electron chi connectivity index (χ1n) is 15.5. The molecule has 0 saturated carbocycles. The molecule has 0 unspecified atom stereocenters. The number of alkyl halides is 2. The van der Waals surface area contributed by atoms with Gasteiger partial charge in [-0.2, -0.15) is 9.97 Å². The van der Waals surface area contributed by atoms with Crippen LogP contribution >= 0.6 is 0 Å². The Hall–Kier alpha value is -4.14. The predicted molar refractivity (Wildman–Crippen MR) is 167 cm³/mol. The summed E-state index contributed by atoms with van der Waals surface area (Å²) in [5, 5.41) is 15.5. The van der Waals surface area contributed by atoms with E-state index in [1.165, 1.54) is 24.3 Å². The number of rotatable bonds is 7. The van der Waals surface area contributed by atoms with Crippen molar-refractivity contribution in [2.24, 2.45) is 0 Å². The van der Waals surface area contributed by atoms with Gasteiger partial charge in [0.15, 0.2) is 0 Å². The van der Waals surface area contributed by atoms with Crippen molar-refractivity contribution in [3.63, 3.8) is 0 Å². The highest BCUT2D eigenvalue weighted by molar-refractivity contribution is 6.04. The Morgan fingerprint density at radius 1 is 1.22 bits per heavy atom. The zero-order chi connectivity index (χ0) is 31.3. The Kier molecular flexibility index (Phi) is 7.66. The van der Waals surface area contributed by atoms with Gasteiger partial charge in [0.05, 0.1) is 27.7 Å². The Balaban J connectivity index is 1.40. The lowest BCUT2D eigenvalue weighted by Crippen LogP contribution is -2.50. The van der Waals surface area contributed by atoms with Gasteiger partial charge in [-0.05, 0) is 49.4 Å². The topological polar surface area (TPSA) is 86.6 Å². The molecule has 0 spiro atoms. The summed E-state index contributed by atoms with van der Waals surface area (Å²) in [5.41, 5.74) is 0.516. The molecule has 4 aromatic rings. The number of phenols is 1. The van der Waals surface area contributed by atoms with Gasteiger partial charge in [0, 0.05) is 61.4 Å². The summed E-state index contributed by atoms with van der Waals surface area (Å²) in [6.07, 6.45) is 9.51. The van der Waals surface area contributed by atoms with Crippen LogP contribution in [0.15, 0.2) is 30.5 Å². The molecule has 2 aromatic carbocycles. The van der Waals surface area contributed by atoms with Gasteiger partial charge >= 0.3 is 6.01 Å². The number of nitrogens with zero attached hydrogens (tertiary/aromatic N) is 5. The average Bonchev–Trinajstić information content (AvgIpc) is 3.58. The molecule has 0 bridgehead atoms. The summed E-state index contributed by atoms with van der Waals surface area (Å²) in [6.45, 7) is 4.69. The van der Waals surface area contributed by atoms with E-state index in [4.69, 9.17) is 21.1 Å². The van der Waals surface area contributed by atoms with E-state index in [-0.39, 0.29) is 41.2 Å². The van der Waals surface area contributed by atoms with Gasteiger partial charge in [-0.3, -0.25) is 9.88 Å². The van der Waals surface area contributed by atoms with Crippen LogP contribution in [0.5, 0.6) is 11.8 Å². The molecule has 0 aliphatic carbocycles. The summed E-state index contributed by atoms with van der Waals surface area (Å²) >= 11 is 0. The van der Waals surface area contributed by atoms with E-state index < -0.39 is 24.2 Å². The van der Waals surface area contributed by atoms with E-state index in [1.807, 2.05) is 0 Å². The van der Waals surface area contributed by atoms with Gasteiger partial charge in [0.25, 0.3) is 0 Å². The number of pyridine rings is 1. The minimum Gasteiger partial charge on any atom is -0.508 e. The summed E-state index contributed by atoms with van der Waals surface area (Å²) in [4.78, 5) is 18.5. The number of hydrogen-bond acceptors (Lipinski definition) is 8. The third-order valence-corrected chi connectivity index (χ3v) is 9.66. The number of nitrogens with one attached hydrogen (secondary N) is 1. The molecule has 2 aromatic heterocycles. The van der Waals surface area contributed by atoms with Gasteiger partial charge < -0.3 is 20.1 Å². The smallest absolute Gasteiger partial charge is 0.319 e. The second-order valence-corrected chi connectivity index (χ2v) is 12.3. The maximum Gasteiger partial charge on any atom is 0.319 e. The van der Waals surface area contributed by atoms with Crippen LogP contribution in [-0.4, -0.2) is 82.0 Å². The van der Waals surface area contributed by atoms with E-state index >= 15 is 4.39 Å². The molecular formula is C34H35F3N6O2. The fourth-order valence-electron chi connectivity index (χ4n) is 7.46. The van der Waals surface area contributed by atoms with Crippen LogP contribution in [0.25, 0.3) is 32.9 Å². The Labute approximate surface area is 259 Å². The number of hydrogen-bond donors (Lipinski definition) is 2. The lowest BCUT2D eigenvalue weighted by molar-refractivity contribution is 0.107. The maximum atomic E-state index is 15.2. The van der Waals surface area contributed by atoms with Gasteiger partial charge in [0.2, 0.25) is 0 Å². The third kappa shape index (κ3) is 5.10. The van der Waals surface area contributed by atoms with Crippen molar-refractivity contribution in [3.8, 4) is 35.4 Å². The average molecular weight is 617 g/mol. The molecule has 0 radical (unpaired) electrons. The number of halogens is 3. The van der Waals surface area contributed by atoms with E-state index in [9.17, 15) is 13.9 Å². The number of benzene rings is 2. The molecule has 7 rings (SSSR count). The molecular weight excluding hydrogens is 581 g/mol. The standard InChI is InChI=1S/C34H35F3N6O2/c1-3-22-18-42(11-9-38-22)32-27-16-39-30(25-13-23(44)12-20-6-7-28(37)24(4-2)29(20)25)26(15-35)31(27)40-33(41-32)45-19-34-8-5-10-43(34)17-21(36)14-34/h2,6-7,12-13,16,21-22,38,44H,3,5,8-11,14-15,17-19H2,1H3/t21-,22-,34+/m1/s1. The van der Waals surface area contributed by atoms with Crippen molar-refractivity contribution >= 4 is 27.5 Å². The fourth-order valence-corrected chi connectivity index (χ4v) is 7.46. The Morgan fingerprint density at radius 2 is 2.09 bits per heavy atom. The Morgan fingerprint density at radius 3 is 2.89 bits per heavy atom. The molecule has 234 valence electrons. The lowest BCUT2D eigenvalue weighted by Gasteiger charge is -2.35. The van der Waals surface area contributed by atoms with Gasteiger partial charge in [-0.1, -0.05) is 18.9 Å². The zero-order valence-electron chi connectivity index (χ0n) is 25.1. The van der Waals surface area contributed by atoms with Crippen molar-refractivity contribution in [1.82, 2.24) is 25.2 Å². The second kappa shape index (κ2) is 11.7. The van der Waals surface area contributed by atoms with Gasteiger partial charge in [-0.25, -0.2) is 13.2 Å². The van der Waals surface area contributed by atoms with E-state index in [0.717, 1.165) is 32.4 Å². The monoisotopic (exact) mass is 616 g/mol. The highest BCUT2D eigenvalue weighted by atomic mass is 19.1. The first-order chi connectivity index (χ1) is 21.8. The Bertz CT molecular complexity index is 1830. The quantitative estimate of drug-likeness (QED) is 0.271. The summed E-state index contributed by atoms with van der Waals surface area (Å²) in [6, 6.07) is 5.97. The van der Waals surface area contributed by atoms with Crippen molar-refractivity contribution in [3.05, 3.63) is 47.4 Å². The molecule has 3 atom stereocenters. The van der Waals surface area contributed by atoms with Crippen LogP contribution in [0.1, 0.15) is 43.7 Å². The molecule has 3 saturated heterocycles. The molecule has 0 amide bonds. The number of terminal acetylenes is 1. The second-order valence-electron chi connectivity index (χ2n) is 12.3. The summed E-state index contributed by atoms with van der Waals surface area (Å²) in [7, 11) is 0. The third-order valence-electron chi connectivity index (χ3n) is 9.66. The number of anilines is 1. The van der Waals surface area contributed by atoms with Crippen molar-refractivity contribution < 1.29 is 23.0 Å². The van der Waals surface area contributed by atoms with Crippen molar-refractivity contribution in [2.75, 3.05) is 44.2 Å². The molecule has 8 nitrogen and oxygen atoms in total. The molecule has 11 heteroatoms. The minimum absolute atomic E-state index is 0.00358. The number of fused-ring (bicyclic) bond motifs is 3. The molecule has 2 N–H and O–H groups in total. The molecule has 3 fully saturated rings. The van der Waals surface area contributed by atoms with Crippen molar-refractivity contribution in [2.45, 2.75) is 57.0 Å². The van der Waals surface area contributed by atoms with E-state index in [2.05, 4.69) is 32.9 Å². The van der Waals surface area contributed by atoms with E-state index in [1.54, 1.807) is 6.20 Å². The normalized spacial score (nSPS) is 23.5. The van der Waals surface area contributed by atoms with Crippen LogP contribution in [0, 0.1) is 18.2 Å². The van der Waals surface area contributed by atoms with Gasteiger partial charge in [0.1, 0.15) is 36.8 Å². The molecule has 3 aliphatic rings. The minimum atomic E-state index is -0.951. The lowest BCUT2D eigenvalue weighted by atomic mass is 9.94. The van der Waals surface area contributed by atoms with Crippen LogP contribution in [0.3, 0.4) is 0 Å². The first-order valence-corrected chi connectivity index (χ1v) is 15.5. The highest BCUT2D eigenvalue weighted by Crippen LogP contribution is 2.42. The number of aromatic nitrogens is 3. The highest BCUT2D eigenvalue weighted by Gasteiger charge is 2.49. The predicted octanol–water partition coefficient (Wildman–Crippen LogP) is 5.28. The van der Waals surface area contributed by atoms with Crippen LogP contribution in [-0.2, 0) is 6.67 Å². The van der Waals surface area contributed by atoms with E-state index in [0.29, 0.717) is 59.1 Å². The molecule has 45 heavy (non-hydrogen) atoms. The summed E-state index contributed by atoms with van der Waals surface area (Å²) in [5.74, 6) is 2.29. The zero-order valence-corrected chi connectivity index (χ0v) is 25.1. The van der Waals surface area contributed by atoms with Gasteiger partial charge in [-0.15, -0.1) is 6.42 Å². The number of aromatic hydroxyl groups is 1. The van der Waals surface area contributed by atoms with Crippen LogP contribution in [0.4, 0.5) is 19.0 Å². The van der Waals surface area contributed by atoms with Crippen LogP contribution < -0.4 is 15.0 Å². The first kappa shape index (κ1) is 29.6. The SMILES string of the molecule is C#Cc1c(F)ccc2cc(O)cc(-c3ncc4c(N5CCN[C@H](CC)C5)nc(OC[C@@]56CCCN5C[C@H](F)C6)nc4c3CF)c12.